The van der Waals surface area contributed by atoms with Crippen molar-refractivity contribution >= 4 is 11.8 Å². The molecule has 1 fully saturated rings. The molecule has 0 aliphatic carbocycles. The second-order valence-corrected chi connectivity index (χ2v) is 8.09. The summed E-state index contributed by atoms with van der Waals surface area (Å²) in [6.45, 7) is 5.09. The Morgan fingerprint density at radius 1 is 1.19 bits per heavy atom. The number of carbonyl (C=O) groups is 2. The molecule has 1 N–H and O–H groups in total. The zero-order valence-electron chi connectivity index (χ0n) is 18.5. The summed E-state index contributed by atoms with van der Waals surface area (Å²) in [5.74, 6) is -0.0388. The molecule has 166 valence electrons. The SMILES string of the molecule is CNC(=O)c1ccc(-c2cc(C)nc([C@H]3CCCN(C(=O)Cc4nonc4C)C3)c2)cn1. The number of pyridine rings is 2. The minimum Gasteiger partial charge on any atom is -0.354 e. The van der Waals surface area contributed by atoms with Crippen molar-refractivity contribution in [2.24, 2.45) is 0 Å². The Hall–Kier alpha value is -3.62. The Morgan fingerprint density at radius 2 is 2.03 bits per heavy atom. The molecule has 4 heterocycles. The molecule has 0 unspecified atom stereocenters. The van der Waals surface area contributed by atoms with Gasteiger partial charge in [-0.05, 0) is 50.5 Å². The van der Waals surface area contributed by atoms with Crippen molar-refractivity contribution in [2.45, 2.75) is 39.0 Å². The van der Waals surface area contributed by atoms with Gasteiger partial charge in [-0.1, -0.05) is 16.4 Å². The third-order valence-electron chi connectivity index (χ3n) is 5.79. The van der Waals surface area contributed by atoms with E-state index in [0.29, 0.717) is 23.6 Å². The molecule has 3 aromatic rings. The van der Waals surface area contributed by atoms with Gasteiger partial charge in [0.2, 0.25) is 5.91 Å². The number of hydrogen-bond donors (Lipinski definition) is 1. The van der Waals surface area contributed by atoms with Crippen molar-refractivity contribution in [1.29, 1.82) is 0 Å². The van der Waals surface area contributed by atoms with Crippen LogP contribution in [0, 0.1) is 13.8 Å². The summed E-state index contributed by atoms with van der Waals surface area (Å²) in [4.78, 5) is 35.5. The van der Waals surface area contributed by atoms with Gasteiger partial charge in [-0.15, -0.1) is 0 Å². The molecule has 0 aromatic carbocycles. The van der Waals surface area contributed by atoms with E-state index in [4.69, 9.17) is 9.61 Å². The van der Waals surface area contributed by atoms with Crippen LogP contribution in [0.25, 0.3) is 11.1 Å². The summed E-state index contributed by atoms with van der Waals surface area (Å²) in [5.41, 5.74) is 5.39. The first kappa shape index (κ1) is 21.6. The molecular weight excluding hydrogens is 408 g/mol. The molecule has 32 heavy (non-hydrogen) atoms. The van der Waals surface area contributed by atoms with Crippen molar-refractivity contribution in [3.63, 3.8) is 0 Å². The Morgan fingerprint density at radius 3 is 2.72 bits per heavy atom. The Bertz CT molecular complexity index is 1130. The van der Waals surface area contributed by atoms with Crippen LogP contribution in [0.1, 0.15) is 52.0 Å². The molecule has 3 aromatic heterocycles. The molecule has 0 radical (unpaired) electrons. The van der Waals surface area contributed by atoms with E-state index in [1.807, 2.05) is 24.0 Å². The first-order chi connectivity index (χ1) is 15.4. The quantitative estimate of drug-likeness (QED) is 0.656. The summed E-state index contributed by atoms with van der Waals surface area (Å²) in [6.07, 6.45) is 3.78. The highest BCUT2D eigenvalue weighted by Gasteiger charge is 2.27. The molecule has 1 atom stereocenters. The average molecular weight is 435 g/mol. The standard InChI is InChI=1S/C23H26N6O3/c1-14-9-18(16-6-7-19(25-12-16)23(31)24-3)10-21(26-14)17-5-4-8-29(13-17)22(30)11-20-15(2)27-32-28-20/h6-7,9-10,12,17H,4-5,8,11,13H2,1-3H3,(H,24,31)/t17-/m0/s1. The zero-order valence-corrected chi connectivity index (χ0v) is 18.5. The van der Waals surface area contributed by atoms with E-state index in [1.165, 1.54) is 0 Å². The van der Waals surface area contributed by atoms with Crippen LogP contribution in [-0.4, -0.2) is 57.1 Å². The Labute approximate surface area is 186 Å². The fourth-order valence-corrected chi connectivity index (χ4v) is 4.01. The lowest BCUT2D eigenvalue weighted by Crippen LogP contribution is -2.40. The summed E-state index contributed by atoms with van der Waals surface area (Å²) in [7, 11) is 1.58. The van der Waals surface area contributed by atoms with Gasteiger partial charge in [0.15, 0.2) is 0 Å². The number of nitrogens with one attached hydrogen (secondary N) is 1. The number of rotatable bonds is 5. The first-order valence-electron chi connectivity index (χ1n) is 10.7. The van der Waals surface area contributed by atoms with E-state index in [-0.39, 0.29) is 24.2 Å². The van der Waals surface area contributed by atoms with Crippen LogP contribution in [0.15, 0.2) is 35.1 Å². The van der Waals surface area contributed by atoms with Crippen LogP contribution in [0.3, 0.4) is 0 Å². The number of aromatic nitrogens is 4. The van der Waals surface area contributed by atoms with E-state index in [2.05, 4.69) is 26.7 Å². The number of amides is 2. The van der Waals surface area contributed by atoms with E-state index in [0.717, 1.165) is 41.9 Å². The normalized spacial score (nSPS) is 16.1. The Kier molecular flexibility index (Phi) is 6.25. The summed E-state index contributed by atoms with van der Waals surface area (Å²) >= 11 is 0. The monoisotopic (exact) mass is 434 g/mol. The highest BCUT2D eigenvalue weighted by Crippen LogP contribution is 2.30. The van der Waals surface area contributed by atoms with Crippen molar-refractivity contribution in [3.05, 3.63) is 58.9 Å². The summed E-state index contributed by atoms with van der Waals surface area (Å²) < 4.78 is 4.71. The largest absolute Gasteiger partial charge is 0.354 e. The lowest BCUT2D eigenvalue weighted by atomic mass is 9.92. The van der Waals surface area contributed by atoms with Crippen LogP contribution in [0.2, 0.25) is 0 Å². The minimum atomic E-state index is -0.216. The molecule has 9 nitrogen and oxygen atoms in total. The van der Waals surface area contributed by atoms with Crippen LogP contribution < -0.4 is 5.32 Å². The van der Waals surface area contributed by atoms with Crippen LogP contribution in [0.4, 0.5) is 0 Å². The van der Waals surface area contributed by atoms with Gasteiger partial charge >= 0.3 is 0 Å². The van der Waals surface area contributed by atoms with Gasteiger partial charge in [-0.3, -0.25) is 19.6 Å². The maximum Gasteiger partial charge on any atom is 0.269 e. The molecule has 1 aliphatic rings. The fourth-order valence-electron chi connectivity index (χ4n) is 4.01. The lowest BCUT2D eigenvalue weighted by molar-refractivity contribution is -0.131. The lowest BCUT2D eigenvalue weighted by Gasteiger charge is -2.32. The second kappa shape index (κ2) is 9.25. The number of hydrogen-bond acceptors (Lipinski definition) is 7. The highest BCUT2D eigenvalue weighted by atomic mass is 16.6. The molecule has 0 spiro atoms. The van der Waals surface area contributed by atoms with Crippen LogP contribution in [-0.2, 0) is 11.2 Å². The van der Waals surface area contributed by atoms with Crippen molar-refractivity contribution < 1.29 is 14.2 Å². The van der Waals surface area contributed by atoms with Gasteiger partial charge in [0.25, 0.3) is 5.91 Å². The molecule has 4 rings (SSSR count). The fraction of sp³-hybridized carbons (Fsp3) is 0.391. The molecule has 2 amide bonds. The maximum atomic E-state index is 12.8. The number of carbonyl (C=O) groups excluding carboxylic acids is 2. The minimum absolute atomic E-state index is 0.0235. The van der Waals surface area contributed by atoms with Crippen molar-refractivity contribution in [1.82, 2.24) is 30.5 Å². The first-order valence-corrected chi connectivity index (χ1v) is 10.7. The Balaban J connectivity index is 1.52. The van der Waals surface area contributed by atoms with Crippen molar-refractivity contribution in [3.8, 4) is 11.1 Å². The van der Waals surface area contributed by atoms with Gasteiger partial charge < -0.3 is 10.2 Å². The van der Waals surface area contributed by atoms with E-state index < -0.39 is 0 Å². The average Bonchev–Trinajstić information content (AvgIpc) is 3.22. The van der Waals surface area contributed by atoms with Crippen molar-refractivity contribution in [2.75, 3.05) is 20.1 Å². The highest BCUT2D eigenvalue weighted by molar-refractivity contribution is 5.92. The molecule has 1 saturated heterocycles. The zero-order chi connectivity index (χ0) is 22.7. The van der Waals surface area contributed by atoms with Gasteiger partial charge in [0, 0.05) is 49.2 Å². The smallest absolute Gasteiger partial charge is 0.269 e. The maximum absolute atomic E-state index is 12.8. The van der Waals surface area contributed by atoms with E-state index in [9.17, 15) is 9.59 Å². The summed E-state index contributed by atoms with van der Waals surface area (Å²) in [5, 5.41) is 10.2. The van der Waals surface area contributed by atoms with Crippen LogP contribution >= 0.6 is 0 Å². The van der Waals surface area contributed by atoms with Crippen LogP contribution in [0.5, 0.6) is 0 Å². The number of nitrogens with zero attached hydrogens (tertiary/aromatic N) is 5. The molecule has 1 aliphatic heterocycles. The second-order valence-electron chi connectivity index (χ2n) is 8.09. The number of likely N-dealkylation sites (tertiary alicyclic amines) is 1. The number of piperidine rings is 1. The van der Waals surface area contributed by atoms with Gasteiger partial charge in [0.1, 0.15) is 17.1 Å². The van der Waals surface area contributed by atoms with Gasteiger partial charge in [-0.25, -0.2) is 4.63 Å². The molecule has 9 heteroatoms. The third-order valence-corrected chi connectivity index (χ3v) is 5.79. The molecule has 0 bridgehead atoms. The number of aryl methyl sites for hydroxylation is 2. The predicted octanol–water partition coefficient (Wildman–Crippen LogP) is 2.45. The predicted molar refractivity (Wildman–Crippen MR) is 117 cm³/mol. The third kappa shape index (κ3) is 4.66. The summed E-state index contributed by atoms with van der Waals surface area (Å²) in [6, 6.07) is 7.67. The van der Waals surface area contributed by atoms with Gasteiger partial charge in [-0.2, -0.15) is 0 Å². The molecular formula is C23H26N6O3. The molecule has 0 saturated carbocycles. The van der Waals surface area contributed by atoms with E-state index >= 15 is 0 Å². The van der Waals surface area contributed by atoms with E-state index in [1.54, 1.807) is 26.2 Å². The van der Waals surface area contributed by atoms with Gasteiger partial charge in [0.05, 0.1) is 6.42 Å². The topological polar surface area (TPSA) is 114 Å².